The first-order valence-corrected chi connectivity index (χ1v) is 6.71. The van der Waals surface area contributed by atoms with Gasteiger partial charge >= 0.3 is 0 Å². The van der Waals surface area contributed by atoms with E-state index in [2.05, 4.69) is 5.32 Å². The minimum Gasteiger partial charge on any atom is -0.508 e. The molecule has 4 N–H and O–H groups in total. The maximum absolute atomic E-state index is 12.3. The van der Waals surface area contributed by atoms with Crippen LogP contribution in [0.25, 0.3) is 0 Å². The van der Waals surface area contributed by atoms with Crippen LogP contribution in [0.2, 0.25) is 5.02 Å². The third kappa shape index (κ3) is 3.58. The van der Waals surface area contributed by atoms with Crippen LogP contribution in [0.5, 0.6) is 11.5 Å². The topological polar surface area (TPSA) is 84.6 Å². The van der Waals surface area contributed by atoms with Gasteiger partial charge in [-0.1, -0.05) is 11.6 Å². The van der Waals surface area contributed by atoms with Crippen molar-refractivity contribution in [1.29, 1.82) is 0 Å². The van der Waals surface area contributed by atoms with Crippen LogP contribution < -0.4 is 15.8 Å². The molecule has 0 atom stereocenters. The summed E-state index contributed by atoms with van der Waals surface area (Å²) in [4.78, 5) is 12.3. The monoisotopic (exact) mass is 306 g/mol. The number of nitrogens with one attached hydrogen (secondary N) is 1. The first kappa shape index (κ1) is 15.0. The molecule has 0 spiro atoms. The zero-order valence-electron chi connectivity index (χ0n) is 11.4. The molecular formula is C15H15ClN2O3. The van der Waals surface area contributed by atoms with Gasteiger partial charge in [0.2, 0.25) is 0 Å². The van der Waals surface area contributed by atoms with Gasteiger partial charge in [-0.15, -0.1) is 0 Å². The number of benzene rings is 2. The summed E-state index contributed by atoms with van der Waals surface area (Å²) in [6.07, 6.45) is 0. The second kappa shape index (κ2) is 6.37. The van der Waals surface area contributed by atoms with E-state index in [4.69, 9.17) is 22.1 Å². The lowest BCUT2D eigenvalue weighted by molar-refractivity contribution is 0.102. The number of amides is 1. The molecule has 0 bridgehead atoms. The highest BCUT2D eigenvalue weighted by Gasteiger charge is 2.14. The molecule has 2 aromatic rings. The van der Waals surface area contributed by atoms with E-state index in [1.807, 2.05) is 6.92 Å². The molecule has 0 aliphatic rings. The third-order valence-electron chi connectivity index (χ3n) is 2.77. The molecule has 0 fully saturated rings. The van der Waals surface area contributed by atoms with Gasteiger partial charge in [-0.3, -0.25) is 4.79 Å². The van der Waals surface area contributed by atoms with E-state index in [0.29, 0.717) is 23.1 Å². The fourth-order valence-corrected chi connectivity index (χ4v) is 1.98. The number of aromatic hydroxyl groups is 1. The van der Waals surface area contributed by atoms with Gasteiger partial charge in [-0.05, 0) is 43.3 Å². The molecule has 0 heterocycles. The van der Waals surface area contributed by atoms with Gasteiger partial charge in [0.15, 0.2) is 0 Å². The highest BCUT2D eigenvalue weighted by molar-refractivity contribution is 6.31. The lowest BCUT2D eigenvalue weighted by Gasteiger charge is -2.13. The van der Waals surface area contributed by atoms with Crippen LogP contribution in [-0.2, 0) is 0 Å². The van der Waals surface area contributed by atoms with Gasteiger partial charge in [0.1, 0.15) is 11.5 Å². The number of phenols is 1. The molecule has 5 nitrogen and oxygen atoms in total. The Morgan fingerprint density at radius 2 is 2.10 bits per heavy atom. The summed E-state index contributed by atoms with van der Waals surface area (Å²) in [5.41, 5.74) is 6.63. The number of anilines is 2. The van der Waals surface area contributed by atoms with Crippen molar-refractivity contribution in [1.82, 2.24) is 0 Å². The molecule has 21 heavy (non-hydrogen) atoms. The van der Waals surface area contributed by atoms with Crippen molar-refractivity contribution in [3.05, 3.63) is 47.0 Å². The van der Waals surface area contributed by atoms with E-state index < -0.39 is 5.91 Å². The van der Waals surface area contributed by atoms with E-state index in [9.17, 15) is 9.90 Å². The summed E-state index contributed by atoms with van der Waals surface area (Å²) < 4.78 is 5.43. The zero-order valence-corrected chi connectivity index (χ0v) is 12.1. The summed E-state index contributed by atoms with van der Waals surface area (Å²) in [5.74, 6) is 0.0195. The fraction of sp³-hybridized carbons (Fsp3) is 0.133. The molecule has 0 saturated heterocycles. The van der Waals surface area contributed by atoms with Crippen LogP contribution in [0.15, 0.2) is 36.4 Å². The average Bonchev–Trinajstić information content (AvgIpc) is 2.44. The maximum Gasteiger partial charge on any atom is 0.257 e. The summed E-state index contributed by atoms with van der Waals surface area (Å²) in [6.45, 7) is 2.30. The number of phenolic OH excluding ortho intramolecular Hbond substituents is 1. The average molecular weight is 307 g/mol. The maximum atomic E-state index is 12.3. The normalized spacial score (nSPS) is 10.2. The van der Waals surface area contributed by atoms with Crippen LogP contribution in [0, 0.1) is 0 Å². The number of carbonyl (C=O) groups is 1. The number of hydrogen-bond donors (Lipinski definition) is 3. The predicted octanol–water partition coefficient (Wildman–Crippen LogP) is 3.28. The Hall–Kier alpha value is -2.40. The van der Waals surface area contributed by atoms with Crippen molar-refractivity contribution in [3.8, 4) is 11.5 Å². The zero-order chi connectivity index (χ0) is 15.4. The minimum atomic E-state index is -0.452. The van der Waals surface area contributed by atoms with Gasteiger partial charge in [-0.2, -0.15) is 0 Å². The van der Waals surface area contributed by atoms with Gasteiger partial charge < -0.3 is 20.9 Å². The Morgan fingerprint density at radius 1 is 1.33 bits per heavy atom. The molecule has 0 unspecified atom stereocenters. The van der Waals surface area contributed by atoms with E-state index in [0.717, 1.165) is 0 Å². The van der Waals surface area contributed by atoms with Crippen LogP contribution in [0.4, 0.5) is 11.4 Å². The van der Waals surface area contributed by atoms with Crippen LogP contribution in [0.1, 0.15) is 17.3 Å². The van der Waals surface area contributed by atoms with E-state index in [1.165, 1.54) is 18.2 Å². The van der Waals surface area contributed by atoms with Crippen LogP contribution in [0.3, 0.4) is 0 Å². The number of nitrogens with two attached hydrogens (primary N) is 1. The lowest BCUT2D eigenvalue weighted by Crippen LogP contribution is -2.14. The second-order valence-electron chi connectivity index (χ2n) is 4.30. The quantitative estimate of drug-likeness (QED) is 0.598. The number of halogens is 1. The highest BCUT2D eigenvalue weighted by Crippen LogP contribution is 2.29. The summed E-state index contributed by atoms with van der Waals surface area (Å²) in [5, 5.41) is 12.6. The van der Waals surface area contributed by atoms with Gasteiger partial charge in [0, 0.05) is 10.7 Å². The largest absolute Gasteiger partial charge is 0.508 e. The van der Waals surface area contributed by atoms with Crippen molar-refractivity contribution < 1.29 is 14.6 Å². The molecule has 0 aromatic heterocycles. The first-order valence-electron chi connectivity index (χ1n) is 6.33. The summed E-state index contributed by atoms with van der Waals surface area (Å²) >= 11 is 5.93. The smallest absolute Gasteiger partial charge is 0.257 e. The standard InChI is InChI=1S/C15H15ClN2O3/c1-2-21-14-6-3-9(16)7-13(14)18-15(20)11-8-10(19)4-5-12(11)17/h3-8,19H,2,17H2,1H3,(H,18,20). The molecule has 2 rings (SSSR count). The SMILES string of the molecule is CCOc1ccc(Cl)cc1NC(=O)c1cc(O)ccc1N. The highest BCUT2D eigenvalue weighted by atomic mass is 35.5. The van der Waals surface area contributed by atoms with Crippen molar-refractivity contribution in [2.45, 2.75) is 6.92 Å². The Balaban J connectivity index is 2.31. The van der Waals surface area contributed by atoms with Gasteiger partial charge in [0.05, 0.1) is 17.9 Å². The molecule has 0 aliphatic carbocycles. The van der Waals surface area contributed by atoms with Crippen molar-refractivity contribution >= 4 is 28.9 Å². The predicted molar refractivity (Wildman–Crippen MR) is 83.1 cm³/mol. The minimum absolute atomic E-state index is 0.0366. The molecule has 0 radical (unpaired) electrons. The number of hydrogen-bond acceptors (Lipinski definition) is 4. The molecule has 6 heteroatoms. The van der Waals surface area contributed by atoms with Crippen LogP contribution in [-0.4, -0.2) is 17.6 Å². The number of carbonyl (C=O) groups excluding carboxylic acids is 1. The van der Waals surface area contributed by atoms with E-state index in [-0.39, 0.29) is 17.0 Å². The Labute approximate surface area is 127 Å². The van der Waals surface area contributed by atoms with Crippen molar-refractivity contribution in [3.63, 3.8) is 0 Å². The summed E-state index contributed by atoms with van der Waals surface area (Å²) in [6, 6.07) is 9.11. The molecule has 110 valence electrons. The van der Waals surface area contributed by atoms with Crippen LogP contribution >= 0.6 is 11.6 Å². The first-order chi connectivity index (χ1) is 10.0. The second-order valence-corrected chi connectivity index (χ2v) is 4.74. The van der Waals surface area contributed by atoms with Crippen molar-refractivity contribution in [2.24, 2.45) is 0 Å². The Kier molecular flexibility index (Phi) is 4.55. The number of rotatable bonds is 4. The van der Waals surface area contributed by atoms with Crippen molar-refractivity contribution in [2.75, 3.05) is 17.7 Å². The number of nitrogen functional groups attached to an aromatic ring is 1. The van der Waals surface area contributed by atoms with Gasteiger partial charge in [0.25, 0.3) is 5.91 Å². The molecule has 2 aromatic carbocycles. The molecule has 1 amide bonds. The molecular weight excluding hydrogens is 292 g/mol. The number of ether oxygens (including phenoxy) is 1. The Bertz CT molecular complexity index is 674. The third-order valence-corrected chi connectivity index (χ3v) is 3.01. The van der Waals surface area contributed by atoms with E-state index >= 15 is 0 Å². The van der Waals surface area contributed by atoms with E-state index in [1.54, 1.807) is 18.2 Å². The lowest BCUT2D eigenvalue weighted by atomic mass is 10.1. The Morgan fingerprint density at radius 3 is 2.81 bits per heavy atom. The molecule has 0 aliphatic heterocycles. The summed E-state index contributed by atoms with van der Waals surface area (Å²) in [7, 11) is 0. The fourth-order valence-electron chi connectivity index (χ4n) is 1.81. The molecule has 0 saturated carbocycles. The van der Waals surface area contributed by atoms with Gasteiger partial charge in [-0.25, -0.2) is 0 Å².